The second-order valence-corrected chi connectivity index (χ2v) is 5.92. The van der Waals surface area contributed by atoms with E-state index in [1.165, 1.54) is 6.07 Å². The first kappa shape index (κ1) is 15.0. The normalized spacial score (nSPS) is 19.1. The van der Waals surface area contributed by atoms with Gasteiger partial charge in [-0.2, -0.15) is 13.2 Å². The molecule has 5 heteroatoms. The van der Waals surface area contributed by atoms with Crippen LogP contribution in [0.3, 0.4) is 0 Å². The van der Waals surface area contributed by atoms with Gasteiger partial charge in [-0.3, -0.25) is 0 Å². The molecule has 2 N–H and O–H groups in total. The third kappa shape index (κ3) is 3.02. The summed E-state index contributed by atoms with van der Waals surface area (Å²) in [6, 6.07) is 3.63. The Morgan fingerprint density at radius 3 is 2.30 bits per heavy atom. The lowest BCUT2D eigenvalue weighted by Gasteiger charge is -2.40. The van der Waals surface area contributed by atoms with E-state index in [2.05, 4.69) is 18.7 Å². The van der Waals surface area contributed by atoms with Crippen molar-refractivity contribution in [2.24, 2.45) is 5.41 Å². The number of benzene rings is 1. The quantitative estimate of drug-likeness (QED) is 0.821. The first-order valence-electron chi connectivity index (χ1n) is 6.97. The van der Waals surface area contributed by atoms with E-state index in [1.54, 1.807) is 0 Å². The summed E-state index contributed by atoms with van der Waals surface area (Å²) in [4.78, 5) is 2.09. The molecule has 0 amide bonds. The highest BCUT2D eigenvalue weighted by molar-refractivity contribution is 5.69. The predicted octanol–water partition coefficient (Wildman–Crippen LogP) is 4.30. The van der Waals surface area contributed by atoms with Gasteiger partial charge in [0.15, 0.2) is 0 Å². The van der Waals surface area contributed by atoms with Crippen molar-refractivity contribution in [2.45, 2.75) is 39.3 Å². The minimum absolute atomic E-state index is 0.208. The molecule has 112 valence electrons. The average molecular weight is 286 g/mol. The smallest absolute Gasteiger partial charge is 0.397 e. The summed E-state index contributed by atoms with van der Waals surface area (Å²) in [5, 5.41) is 0. The number of rotatable bonds is 2. The second kappa shape index (κ2) is 5.19. The Bertz CT molecular complexity index is 474. The number of nitrogens with two attached hydrogens (primary N) is 1. The molecular formula is C15H21F3N2. The summed E-state index contributed by atoms with van der Waals surface area (Å²) in [6.45, 7) is 6.14. The molecule has 0 atom stereocenters. The molecule has 0 radical (unpaired) electrons. The van der Waals surface area contributed by atoms with Crippen LogP contribution >= 0.6 is 0 Å². The summed E-state index contributed by atoms with van der Waals surface area (Å²) >= 11 is 0. The van der Waals surface area contributed by atoms with Crippen LogP contribution in [0.2, 0.25) is 0 Å². The number of alkyl halides is 3. The van der Waals surface area contributed by atoms with Crippen LogP contribution in [0, 0.1) is 5.41 Å². The van der Waals surface area contributed by atoms with Crippen LogP contribution in [0.5, 0.6) is 0 Å². The number of anilines is 2. The standard InChI is InChI=1S/C15H21F3N2/c1-3-14(2)6-8-20(9-7-14)13-5-4-11(10-12(13)19)15(16,17)18/h4-5,10H,3,6-9,19H2,1-2H3. The summed E-state index contributed by atoms with van der Waals surface area (Å²) in [5.74, 6) is 0. The first-order chi connectivity index (χ1) is 9.25. The van der Waals surface area contributed by atoms with Crippen LogP contribution in [0.4, 0.5) is 24.5 Å². The molecule has 0 spiro atoms. The number of halogens is 3. The Morgan fingerprint density at radius 1 is 1.25 bits per heavy atom. The number of nitrogen functional groups attached to an aromatic ring is 1. The molecule has 0 aliphatic carbocycles. The van der Waals surface area contributed by atoms with Crippen LogP contribution in [-0.2, 0) is 6.18 Å². The molecule has 2 rings (SSSR count). The number of piperidine rings is 1. The molecule has 1 saturated heterocycles. The molecule has 0 bridgehead atoms. The van der Waals surface area contributed by atoms with Crippen LogP contribution in [0.15, 0.2) is 18.2 Å². The maximum atomic E-state index is 12.6. The van der Waals surface area contributed by atoms with Crippen LogP contribution in [0.1, 0.15) is 38.7 Å². The molecule has 0 unspecified atom stereocenters. The maximum absolute atomic E-state index is 12.6. The minimum atomic E-state index is -4.34. The summed E-state index contributed by atoms with van der Waals surface area (Å²) in [6.07, 6.45) is -1.12. The highest BCUT2D eigenvalue weighted by atomic mass is 19.4. The number of hydrogen-bond acceptors (Lipinski definition) is 2. The van der Waals surface area contributed by atoms with Gasteiger partial charge in [0.25, 0.3) is 0 Å². The minimum Gasteiger partial charge on any atom is -0.397 e. The zero-order chi connectivity index (χ0) is 15.0. The Balaban J connectivity index is 2.15. The van der Waals surface area contributed by atoms with Gasteiger partial charge in [0, 0.05) is 13.1 Å². The van der Waals surface area contributed by atoms with Gasteiger partial charge in [-0.05, 0) is 36.5 Å². The molecule has 0 aromatic heterocycles. The van der Waals surface area contributed by atoms with Gasteiger partial charge in [0.05, 0.1) is 16.9 Å². The summed E-state index contributed by atoms with van der Waals surface area (Å²) < 4.78 is 37.9. The lowest BCUT2D eigenvalue weighted by molar-refractivity contribution is -0.137. The van der Waals surface area contributed by atoms with Gasteiger partial charge >= 0.3 is 6.18 Å². The topological polar surface area (TPSA) is 29.3 Å². The van der Waals surface area contributed by atoms with Gasteiger partial charge in [-0.15, -0.1) is 0 Å². The molecule has 1 aromatic carbocycles. The Kier molecular flexibility index (Phi) is 3.89. The van der Waals surface area contributed by atoms with Gasteiger partial charge in [-0.1, -0.05) is 20.3 Å². The van der Waals surface area contributed by atoms with E-state index in [4.69, 9.17) is 5.73 Å². The van der Waals surface area contributed by atoms with Crippen molar-refractivity contribution in [1.29, 1.82) is 0 Å². The second-order valence-electron chi connectivity index (χ2n) is 5.92. The fraction of sp³-hybridized carbons (Fsp3) is 0.600. The lowest BCUT2D eigenvalue weighted by atomic mass is 9.78. The number of nitrogens with zero attached hydrogens (tertiary/aromatic N) is 1. The van der Waals surface area contributed by atoms with Crippen molar-refractivity contribution in [2.75, 3.05) is 23.7 Å². The Morgan fingerprint density at radius 2 is 1.85 bits per heavy atom. The van der Waals surface area contributed by atoms with Gasteiger partial charge < -0.3 is 10.6 Å². The van der Waals surface area contributed by atoms with E-state index in [0.29, 0.717) is 5.41 Å². The number of hydrogen-bond donors (Lipinski definition) is 1. The Hall–Kier alpha value is -1.39. The third-order valence-corrected chi connectivity index (χ3v) is 4.52. The van der Waals surface area contributed by atoms with E-state index in [-0.39, 0.29) is 5.69 Å². The van der Waals surface area contributed by atoms with E-state index in [9.17, 15) is 13.2 Å². The molecule has 20 heavy (non-hydrogen) atoms. The molecule has 1 aliphatic rings. The van der Waals surface area contributed by atoms with E-state index in [1.807, 2.05) is 0 Å². The molecule has 1 fully saturated rings. The van der Waals surface area contributed by atoms with E-state index >= 15 is 0 Å². The fourth-order valence-electron chi connectivity index (χ4n) is 2.66. The average Bonchev–Trinajstić information content (AvgIpc) is 2.39. The molecule has 1 heterocycles. The molecule has 1 aromatic rings. The zero-order valence-electron chi connectivity index (χ0n) is 11.9. The first-order valence-corrected chi connectivity index (χ1v) is 6.97. The largest absolute Gasteiger partial charge is 0.416 e. The zero-order valence-corrected chi connectivity index (χ0v) is 11.9. The monoisotopic (exact) mass is 286 g/mol. The summed E-state index contributed by atoms with van der Waals surface area (Å²) in [5.41, 5.74) is 6.39. The molecule has 0 saturated carbocycles. The van der Waals surface area contributed by atoms with E-state index < -0.39 is 11.7 Å². The lowest BCUT2D eigenvalue weighted by Crippen LogP contribution is -2.38. The third-order valence-electron chi connectivity index (χ3n) is 4.52. The van der Waals surface area contributed by atoms with Crippen molar-refractivity contribution in [1.82, 2.24) is 0 Å². The predicted molar refractivity (Wildman–Crippen MR) is 75.7 cm³/mol. The van der Waals surface area contributed by atoms with Crippen molar-refractivity contribution < 1.29 is 13.2 Å². The van der Waals surface area contributed by atoms with Gasteiger partial charge in [0.2, 0.25) is 0 Å². The van der Waals surface area contributed by atoms with Crippen LogP contribution in [0.25, 0.3) is 0 Å². The molecular weight excluding hydrogens is 265 g/mol. The van der Waals surface area contributed by atoms with Crippen LogP contribution in [-0.4, -0.2) is 13.1 Å². The summed E-state index contributed by atoms with van der Waals surface area (Å²) in [7, 11) is 0. The highest BCUT2D eigenvalue weighted by Crippen LogP contribution is 2.38. The van der Waals surface area contributed by atoms with Crippen molar-refractivity contribution in [3.05, 3.63) is 23.8 Å². The highest BCUT2D eigenvalue weighted by Gasteiger charge is 2.32. The Labute approximate surface area is 117 Å². The van der Waals surface area contributed by atoms with Crippen molar-refractivity contribution >= 4 is 11.4 Å². The molecule has 2 nitrogen and oxygen atoms in total. The van der Waals surface area contributed by atoms with Crippen LogP contribution < -0.4 is 10.6 Å². The fourth-order valence-corrected chi connectivity index (χ4v) is 2.66. The van der Waals surface area contributed by atoms with Gasteiger partial charge in [0.1, 0.15) is 0 Å². The van der Waals surface area contributed by atoms with Crippen molar-refractivity contribution in [3.8, 4) is 0 Å². The van der Waals surface area contributed by atoms with Crippen molar-refractivity contribution in [3.63, 3.8) is 0 Å². The maximum Gasteiger partial charge on any atom is 0.416 e. The SMILES string of the molecule is CCC1(C)CCN(c2ccc(C(F)(F)F)cc2N)CC1. The molecule has 1 aliphatic heterocycles. The van der Waals surface area contributed by atoms with Gasteiger partial charge in [-0.25, -0.2) is 0 Å². The van der Waals surface area contributed by atoms with E-state index in [0.717, 1.165) is 50.2 Å².